The van der Waals surface area contributed by atoms with E-state index in [1.165, 1.54) is 0 Å². The van der Waals surface area contributed by atoms with Gasteiger partial charge in [0.1, 0.15) is 6.61 Å². The molecule has 0 aromatic rings. The van der Waals surface area contributed by atoms with Gasteiger partial charge >= 0.3 is 11.9 Å². The lowest BCUT2D eigenvalue weighted by atomic mass is 9.73. The molecule has 0 spiro atoms. The van der Waals surface area contributed by atoms with Gasteiger partial charge in [-0.2, -0.15) is 0 Å². The second-order valence-electron chi connectivity index (χ2n) is 5.29. The molecule has 1 aliphatic carbocycles. The molecule has 1 saturated carbocycles. The first-order valence-electron chi connectivity index (χ1n) is 6.46. The van der Waals surface area contributed by atoms with Gasteiger partial charge in [-0.05, 0) is 38.7 Å². The van der Waals surface area contributed by atoms with Crippen LogP contribution in [0.3, 0.4) is 0 Å². The molecule has 0 amide bonds. The van der Waals surface area contributed by atoms with Gasteiger partial charge in [0.15, 0.2) is 0 Å². The van der Waals surface area contributed by atoms with Crippen molar-refractivity contribution in [2.24, 2.45) is 17.8 Å². The lowest BCUT2D eigenvalue weighted by Gasteiger charge is -2.31. The molecular weight excluding hydrogens is 232 g/mol. The standard InChI is InChI=1S/C14H22O4/c1-9(2)7-8-18-14(17)11-6-4-5-10(3)12(11)13(15)16/h7,10-12H,4-6,8H2,1-3H3,(H,15,16). The summed E-state index contributed by atoms with van der Waals surface area (Å²) in [4.78, 5) is 23.2. The molecule has 18 heavy (non-hydrogen) atoms. The van der Waals surface area contributed by atoms with Gasteiger partial charge in [-0.15, -0.1) is 0 Å². The summed E-state index contributed by atoms with van der Waals surface area (Å²) in [5.74, 6) is -2.30. The maximum absolute atomic E-state index is 11.9. The van der Waals surface area contributed by atoms with Gasteiger partial charge in [0, 0.05) is 0 Å². The van der Waals surface area contributed by atoms with Gasteiger partial charge in [-0.3, -0.25) is 9.59 Å². The van der Waals surface area contributed by atoms with E-state index in [0.29, 0.717) is 6.42 Å². The number of aliphatic carboxylic acids is 1. The third-order valence-corrected chi connectivity index (χ3v) is 3.53. The number of hydrogen-bond donors (Lipinski definition) is 1. The molecule has 102 valence electrons. The van der Waals surface area contributed by atoms with Crippen molar-refractivity contribution >= 4 is 11.9 Å². The summed E-state index contributed by atoms with van der Waals surface area (Å²) in [5, 5.41) is 9.22. The van der Waals surface area contributed by atoms with Gasteiger partial charge in [-0.1, -0.05) is 18.9 Å². The summed E-state index contributed by atoms with van der Waals surface area (Å²) < 4.78 is 5.14. The Morgan fingerprint density at radius 2 is 2.00 bits per heavy atom. The number of hydrogen-bond acceptors (Lipinski definition) is 3. The van der Waals surface area contributed by atoms with E-state index >= 15 is 0 Å². The Balaban J connectivity index is 2.64. The third kappa shape index (κ3) is 3.86. The number of rotatable bonds is 4. The first kappa shape index (κ1) is 14.7. The molecule has 0 aromatic heterocycles. The number of carbonyl (C=O) groups is 2. The molecule has 0 aliphatic heterocycles. The minimum absolute atomic E-state index is 0.0391. The fourth-order valence-corrected chi connectivity index (χ4v) is 2.49. The maximum Gasteiger partial charge on any atom is 0.310 e. The van der Waals surface area contributed by atoms with Gasteiger partial charge in [0.25, 0.3) is 0 Å². The lowest BCUT2D eigenvalue weighted by Crippen LogP contribution is -2.38. The normalized spacial score (nSPS) is 27.4. The zero-order chi connectivity index (χ0) is 13.7. The highest BCUT2D eigenvalue weighted by atomic mass is 16.5. The molecule has 3 unspecified atom stereocenters. The smallest absolute Gasteiger partial charge is 0.310 e. The molecule has 1 rings (SSSR count). The topological polar surface area (TPSA) is 63.6 Å². The average molecular weight is 254 g/mol. The van der Waals surface area contributed by atoms with Crippen LogP contribution >= 0.6 is 0 Å². The molecular formula is C14H22O4. The minimum atomic E-state index is -0.883. The predicted molar refractivity (Wildman–Crippen MR) is 68.0 cm³/mol. The summed E-state index contributed by atoms with van der Waals surface area (Å²) in [7, 11) is 0. The van der Waals surface area contributed by atoms with Gasteiger partial charge in [-0.25, -0.2) is 0 Å². The van der Waals surface area contributed by atoms with E-state index < -0.39 is 17.8 Å². The van der Waals surface area contributed by atoms with Crippen molar-refractivity contribution in [3.8, 4) is 0 Å². The molecule has 1 fully saturated rings. The highest BCUT2D eigenvalue weighted by molar-refractivity contribution is 5.81. The Hall–Kier alpha value is -1.32. The molecule has 0 bridgehead atoms. The second-order valence-corrected chi connectivity index (χ2v) is 5.29. The van der Waals surface area contributed by atoms with Crippen LogP contribution in [0.5, 0.6) is 0 Å². The second kappa shape index (κ2) is 6.57. The van der Waals surface area contributed by atoms with Crippen LogP contribution in [-0.2, 0) is 14.3 Å². The molecule has 4 nitrogen and oxygen atoms in total. The summed E-state index contributed by atoms with van der Waals surface area (Å²) in [6.45, 7) is 5.99. The predicted octanol–water partition coefficient (Wildman–Crippen LogP) is 2.63. The summed E-state index contributed by atoms with van der Waals surface area (Å²) in [6.07, 6.45) is 4.21. The van der Waals surface area contributed by atoms with E-state index in [1.54, 1.807) is 0 Å². The highest BCUT2D eigenvalue weighted by Gasteiger charge is 2.40. The van der Waals surface area contributed by atoms with Crippen molar-refractivity contribution in [3.63, 3.8) is 0 Å². The number of allylic oxidation sites excluding steroid dienone is 1. The zero-order valence-corrected chi connectivity index (χ0v) is 11.3. The number of esters is 1. The Kier molecular flexibility index (Phi) is 5.38. The van der Waals surface area contributed by atoms with Crippen LogP contribution in [0.15, 0.2) is 11.6 Å². The molecule has 1 N–H and O–H groups in total. The molecule has 0 heterocycles. The number of ether oxygens (including phenoxy) is 1. The molecule has 0 aromatic carbocycles. The van der Waals surface area contributed by atoms with E-state index in [9.17, 15) is 14.7 Å². The van der Waals surface area contributed by atoms with Crippen LogP contribution in [0.1, 0.15) is 40.0 Å². The van der Waals surface area contributed by atoms with E-state index in [-0.39, 0.29) is 18.5 Å². The van der Waals surface area contributed by atoms with Crippen molar-refractivity contribution in [2.75, 3.05) is 6.61 Å². The number of carbonyl (C=O) groups excluding carboxylic acids is 1. The molecule has 4 heteroatoms. The summed E-state index contributed by atoms with van der Waals surface area (Å²) in [6, 6.07) is 0. The number of carboxylic acids is 1. The maximum atomic E-state index is 11.9. The third-order valence-electron chi connectivity index (χ3n) is 3.53. The van der Waals surface area contributed by atoms with E-state index in [2.05, 4.69) is 0 Å². The van der Waals surface area contributed by atoms with Crippen molar-refractivity contribution < 1.29 is 19.4 Å². The van der Waals surface area contributed by atoms with Gasteiger partial charge in [0.05, 0.1) is 11.8 Å². The fraction of sp³-hybridized carbons (Fsp3) is 0.714. The minimum Gasteiger partial charge on any atom is -0.481 e. The van der Waals surface area contributed by atoms with Gasteiger partial charge < -0.3 is 9.84 Å². The Labute approximate surface area is 108 Å². The van der Waals surface area contributed by atoms with Crippen LogP contribution in [0.4, 0.5) is 0 Å². The Morgan fingerprint density at radius 3 is 2.56 bits per heavy atom. The van der Waals surface area contributed by atoms with Crippen LogP contribution in [0.25, 0.3) is 0 Å². The quantitative estimate of drug-likeness (QED) is 0.618. The van der Waals surface area contributed by atoms with E-state index in [4.69, 9.17) is 4.74 Å². The first-order valence-corrected chi connectivity index (χ1v) is 6.46. The summed E-state index contributed by atoms with van der Waals surface area (Å²) in [5.41, 5.74) is 1.08. The van der Waals surface area contributed by atoms with Crippen LogP contribution < -0.4 is 0 Å². The van der Waals surface area contributed by atoms with Crippen molar-refractivity contribution in [2.45, 2.75) is 40.0 Å². The van der Waals surface area contributed by atoms with Crippen molar-refractivity contribution in [1.29, 1.82) is 0 Å². The number of carboxylic acid groups (broad SMARTS) is 1. The zero-order valence-electron chi connectivity index (χ0n) is 11.3. The van der Waals surface area contributed by atoms with Gasteiger partial charge in [0.2, 0.25) is 0 Å². The molecule has 0 saturated heterocycles. The highest BCUT2D eigenvalue weighted by Crippen LogP contribution is 2.35. The first-order chi connectivity index (χ1) is 8.43. The molecule has 3 atom stereocenters. The molecule has 1 aliphatic rings. The Bertz CT molecular complexity index is 342. The Morgan fingerprint density at radius 1 is 1.33 bits per heavy atom. The van der Waals surface area contributed by atoms with Crippen molar-refractivity contribution in [1.82, 2.24) is 0 Å². The van der Waals surface area contributed by atoms with E-state index in [1.807, 2.05) is 26.8 Å². The lowest BCUT2D eigenvalue weighted by molar-refractivity contribution is -0.161. The molecule has 0 radical (unpaired) electrons. The average Bonchev–Trinajstić information content (AvgIpc) is 2.27. The van der Waals surface area contributed by atoms with Crippen LogP contribution in [0, 0.1) is 17.8 Å². The van der Waals surface area contributed by atoms with Crippen molar-refractivity contribution in [3.05, 3.63) is 11.6 Å². The van der Waals surface area contributed by atoms with Crippen LogP contribution in [-0.4, -0.2) is 23.7 Å². The fourth-order valence-electron chi connectivity index (χ4n) is 2.49. The largest absolute Gasteiger partial charge is 0.481 e. The summed E-state index contributed by atoms with van der Waals surface area (Å²) >= 11 is 0. The van der Waals surface area contributed by atoms with Crippen LogP contribution in [0.2, 0.25) is 0 Å². The monoisotopic (exact) mass is 254 g/mol. The van der Waals surface area contributed by atoms with E-state index in [0.717, 1.165) is 18.4 Å². The SMILES string of the molecule is CC(C)=CCOC(=O)C1CCCC(C)C1C(=O)O.